The van der Waals surface area contributed by atoms with E-state index in [1.807, 2.05) is 47.8 Å². The zero-order chi connectivity index (χ0) is 24.0. The SMILES string of the molecule is O=C(NCc1cccc(Cl)c1)N[n+]1c(-c2cscn2)[nH]c2ccccc21.O=C([O-])C(F)(F)F. The third-order valence-electron chi connectivity index (χ3n) is 4.08. The van der Waals surface area contributed by atoms with Gasteiger partial charge >= 0.3 is 18.0 Å². The van der Waals surface area contributed by atoms with Crippen molar-refractivity contribution >= 4 is 46.0 Å². The van der Waals surface area contributed by atoms with Gasteiger partial charge in [0.25, 0.3) is 0 Å². The van der Waals surface area contributed by atoms with Gasteiger partial charge in [-0.1, -0.05) is 35.9 Å². The Kier molecular flexibility index (Phi) is 7.51. The summed E-state index contributed by atoms with van der Waals surface area (Å²) in [6, 6.07) is 14.8. The maximum atomic E-state index is 12.4. The number of carboxylic acids is 1. The van der Waals surface area contributed by atoms with Gasteiger partial charge in [0.1, 0.15) is 5.97 Å². The van der Waals surface area contributed by atoms with Crippen LogP contribution in [0.25, 0.3) is 22.6 Å². The molecule has 0 bridgehead atoms. The Hall–Kier alpha value is -3.64. The van der Waals surface area contributed by atoms with E-state index >= 15 is 0 Å². The van der Waals surface area contributed by atoms with Crippen molar-refractivity contribution in [2.24, 2.45) is 0 Å². The summed E-state index contributed by atoms with van der Waals surface area (Å²) in [5, 5.41) is 14.2. The number of H-pyrrole nitrogens is 1. The van der Waals surface area contributed by atoms with Gasteiger partial charge < -0.3 is 15.2 Å². The average molecular weight is 498 g/mol. The Morgan fingerprint density at radius 3 is 2.55 bits per heavy atom. The summed E-state index contributed by atoms with van der Waals surface area (Å²) in [6.07, 6.45) is -5.19. The molecule has 0 atom stereocenters. The Balaban J connectivity index is 0.000000383. The number of benzene rings is 2. The third kappa shape index (κ3) is 6.43. The zero-order valence-corrected chi connectivity index (χ0v) is 18.1. The standard InChI is InChI=1S/C18H14ClN5OS.C2HF3O2/c19-13-5-3-4-12(8-13)9-20-18(25)23-24-16-7-2-1-6-14(16)22-17(24)15-10-26-11-21-15;3-2(4,5)1(6)7/h1-8,10-11H,9H2,(H2,20,23,25);(H,6,7). The zero-order valence-electron chi connectivity index (χ0n) is 16.5. The van der Waals surface area contributed by atoms with Gasteiger partial charge in [-0.2, -0.15) is 18.6 Å². The molecule has 4 rings (SSSR count). The Labute approximate surface area is 193 Å². The number of alkyl halides is 3. The highest BCUT2D eigenvalue weighted by atomic mass is 35.5. The molecule has 2 aromatic heterocycles. The van der Waals surface area contributed by atoms with Gasteiger partial charge in [-0.15, -0.1) is 16.0 Å². The van der Waals surface area contributed by atoms with E-state index in [-0.39, 0.29) is 6.03 Å². The monoisotopic (exact) mass is 497 g/mol. The summed E-state index contributed by atoms with van der Waals surface area (Å²) in [6.45, 7) is 0.376. The molecule has 2 aromatic carbocycles. The predicted octanol–water partition coefficient (Wildman–Crippen LogP) is 2.98. The number of halogens is 4. The number of thiazole rings is 1. The van der Waals surface area contributed by atoms with E-state index in [2.05, 4.69) is 20.7 Å². The smallest absolute Gasteiger partial charge is 0.430 e. The number of aromatic nitrogens is 3. The first kappa shape index (κ1) is 24.0. The molecule has 0 unspecified atom stereocenters. The van der Waals surface area contributed by atoms with Crippen molar-refractivity contribution in [1.82, 2.24) is 15.3 Å². The van der Waals surface area contributed by atoms with E-state index in [0.717, 1.165) is 22.3 Å². The number of amides is 2. The number of hydrogen-bond acceptors (Lipinski definition) is 5. The maximum Gasteiger partial charge on any atom is 0.430 e. The van der Waals surface area contributed by atoms with Crippen LogP contribution < -0.4 is 20.5 Å². The van der Waals surface area contributed by atoms with Crippen LogP contribution in [0.2, 0.25) is 5.02 Å². The number of carbonyl (C=O) groups excluding carboxylic acids is 2. The lowest BCUT2D eigenvalue weighted by Crippen LogP contribution is -2.52. The summed E-state index contributed by atoms with van der Waals surface area (Å²) in [5.74, 6) is -2.29. The number of imidazole rings is 1. The number of aromatic amines is 1. The van der Waals surface area contributed by atoms with E-state index < -0.39 is 12.1 Å². The lowest BCUT2D eigenvalue weighted by molar-refractivity contribution is -0.602. The predicted molar refractivity (Wildman–Crippen MR) is 114 cm³/mol. The van der Waals surface area contributed by atoms with E-state index in [1.54, 1.807) is 16.3 Å². The van der Waals surface area contributed by atoms with Crippen LogP contribution >= 0.6 is 22.9 Å². The molecular formula is C20H15ClF3N5O3S. The van der Waals surface area contributed by atoms with Crippen molar-refractivity contribution < 1.29 is 32.5 Å². The van der Waals surface area contributed by atoms with Crippen LogP contribution in [0.1, 0.15) is 5.56 Å². The molecule has 0 aliphatic rings. The van der Waals surface area contributed by atoms with Crippen molar-refractivity contribution in [1.29, 1.82) is 0 Å². The van der Waals surface area contributed by atoms with Gasteiger partial charge in [0.2, 0.25) is 5.52 Å². The molecule has 3 N–H and O–H groups in total. The van der Waals surface area contributed by atoms with Crippen LogP contribution in [0.4, 0.5) is 18.0 Å². The molecule has 33 heavy (non-hydrogen) atoms. The lowest BCUT2D eigenvalue weighted by atomic mass is 10.2. The third-order valence-corrected chi connectivity index (χ3v) is 4.91. The van der Waals surface area contributed by atoms with E-state index in [9.17, 15) is 18.0 Å². The molecule has 172 valence electrons. The number of nitrogens with zero attached hydrogens (tertiary/aromatic N) is 2. The fraction of sp³-hybridized carbons (Fsp3) is 0.100. The van der Waals surface area contributed by atoms with Gasteiger partial charge in [0.05, 0.1) is 5.51 Å². The van der Waals surface area contributed by atoms with Gasteiger partial charge in [-0.25, -0.2) is 14.8 Å². The topological polar surface area (TPSA) is 114 Å². The van der Waals surface area contributed by atoms with E-state index in [1.165, 1.54) is 11.3 Å². The minimum atomic E-state index is -5.19. The number of aliphatic carboxylic acids is 1. The number of fused-ring (bicyclic) bond motifs is 1. The Morgan fingerprint density at radius 2 is 1.91 bits per heavy atom. The molecule has 0 aliphatic heterocycles. The molecular weight excluding hydrogens is 483 g/mol. The van der Waals surface area contributed by atoms with Crippen molar-refractivity contribution in [2.75, 3.05) is 5.43 Å². The summed E-state index contributed by atoms with van der Waals surface area (Å²) in [4.78, 5) is 28.8. The number of para-hydroxylation sites is 2. The summed E-state index contributed by atoms with van der Waals surface area (Å²) >= 11 is 7.47. The van der Waals surface area contributed by atoms with Gasteiger partial charge in [0, 0.05) is 16.9 Å². The van der Waals surface area contributed by atoms with Crippen molar-refractivity contribution in [2.45, 2.75) is 12.7 Å². The van der Waals surface area contributed by atoms with Crippen LogP contribution in [-0.2, 0) is 11.3 Å². The molecule has 0 saturated heterocycles. The van der Waals surface area contributed by atoms with Crippen LogP contribution in [-0.4, -0.2) is 28.1 Å². The fourth-order valence-corrected chi connectivity index (χ4v) is 3.42. The number of nitrogens with one attached hydrogen (secondary N) is 3. The molecule has 0 spiro atoms. The largest absolute Gasteiger partial charge is 0.542 e. The fourth-order valence-electron chi connectivity index (χ4n) is 2.67. The average Bonchev–Trinajstić information content (AvgIpc) is 3.41. The van der Waals surface area contributed by atoms with Crippen molar-refractivity contribution in [3.63, 3.8) is 0 Å². The van der Waals surface area contributed by atoms with Crippen molar-refractivity contribution in [3.8, 4) is 11.5 Å². The Morgan fingerprint density at radius 1 is 1.18 bits per heavy atom. The second-order valence-corrected chi connectivity index (χ2v) is 7.56. The summed E-state index contributed by atoms with van der Waals surface area (Å²) in [7, 11) is 0. The van der Waals surface area contributed by atoms with E-state index in [0.29, 0.717) is 17.4 Å². The molecule has 4 aromatic rings. The first-order valence-electron chi connectivity index (χ1n) is 9.14. The normalized spacial score (nSPS) is 10.9. The molecule has 0 radical (unpaired) electrons. The van der Waals surface area contributed by atoms with Gasteiger partial charge in [-0.05, 0) is 29.8 Å². The number of carboxylic acid groups (broad SMARTS) is 1. The highest BCUT2D eigenvalue weighted by Crippen LogP contribution is 2.18. The van der Waals surface area contributed by atoms with Crippen molar-refractivity contribution in [3.05, 3.63) is 70.0 Å². The maximum absolute atomic E-state index is 12.4. The minimum absolute atomic E-state index is 0.323. The highest BCUT2D eigenvalue weighted by Gasteiger charge is 2.28. The van der Waals surface area contributed by atoms with Crippen LogP contribution in [0.3, 0.4) is 0 Å². The van der Waals surface area contributed by atoms with Gasteiger partial charge in [-0.3, -0.25) is 0 Å². The quantitative estimate of drug-likeness (QED) is 0.376. The van der Waals surface area contributed by atoms with Crippen LogP contribution in [0.15, 0.2) is 59.4 Å². The second kappa shape index (κ2) is 10.3. The first-order valence-corrected chi connectivity index (χ1v) is 10.5. The number of carbonyl (C=O) groups is 2. The lowest BCUT2D eigenvalue weighted by Gasteiger charge is -2.06. The van der Waals surface area contributed by atoms with Crippen LogP contribution in [0.5, 0.6) is 0 Å². The molecule has 2 amide bonds. The van der Waals surface area contributed by atoms with Crippen LogP contribution in [0, 0.1) is 0 Å². The molecule has 8 nitrogen and oxygen atoms in total. The molecule has 2 heterocycles. The summed E-state index contributed by atoms with van der Waals surface area (Å²) in [5.41, 5.74) is 8.08. The van der Waals surface area contributed by atoms with E-state index in [4.69, 9.17) is 21.5 Å². The molecule has 0 aliphatic carbocycles. The first-order chi connectivity index (χ1) is 15.6. The summed E-state index contributed by atoms with van der Waals surface area (Å²) < 4.78 is 33.3. The van der Waals surface area contributed by atoms with Gasteiger partial charge in [0.15, 0.2) is 11.2 Å². The number of urea groups is 1. The molecule has 0 fully saturated rings. The molecule has 13 heteroatoms. The number of rotatable bonds is 4. The minimum Gasteiger partial charge on any atom is -0.542 e. The highest BCUT2D eigenvalue weighted by molar-refractivity contribution is 7.07. The molecule has 0 saturated carbocycles. The Bertz CT molecular complexity index is 1260. The number of hydrogen-bond donors (Lipinski definition) is 3. The second-order valence-electron chi connectivity index (χ2n) is 6.41.